The van der Waals surface area contributed by atoms with E-state index < -0.39 is 0 Å². The molecule has 0 heterocycles. The topological polar surface area (TPSA) is 108 Å². The minimum absolute atomic E-state index is 0.579. The number of hydrogen-bond donors (Lipinski definition) is 1. The van der Waals surface area contributed by atoms with Crippen molar-refractivity contribution in [1.82, 2.24) is 0 Å². The average molecular weight is 505 g/mol. The van der Waals surface area contributed by atoms with Gasteiger partial charge in [0.15, 0.2) is 0 Å². The van der Waals surface area contributed by atoms with Crippen LogP contribution in [0.2, 0.25) is 0 Å². The van der Waals surface area contributed by atoms with E-state index in [1.165, 1.54) is 25.7 Å². The largest absolute Gasteiger partial charge is 0.491 e. The summed E-state index contributed by atoms with van der Waals surface area (Å²) in [5.41, 5.74) is 10.1. The molecule has 0 saturated carbocycles. The quantitative estimate of drug-likeness (QED) is 0.118. The van der Waals surface area contributed by atoms with Crippen molar-refractivity contribution >= 4 is 39.2 Å². The number of nitrogens with zero attached hydrogens (tertiary/aromatic N) is 5. The molecule has 0 unspecified atom stereocenters. The molecule has 0 aliphatic heterocycles. The van der Waals surface area contributed by atoms with Gasteiger partial charge in [-0.25, -0.2) is 0 Å². The fourth-order valence-electron chi connectivity index (χ4n) is 4.05. The fraction of sp³-hybridized carbons (Fsp3) is 0.258. The van der Waals surface area contributed by atoms with Gasteiger partial charge >= 0.3 is 0 Å². The van der Waals surface area contributed by atoms with E-state index in [-0.39, 0.29) is 0 Å². The molecular formula is C31H32N6O. The third-order valence-corrected chi connectivity index (χ3v) is 6.18. The van der Waals surface area contributed by atoms with Gasteiger partial charge in [0.05, 0.1) is 35.3 Å². The lowest BCUT2D eigenvalue weighted by atomic mass is 10.1. The minimum atomic E-state index is 0.579. The highest BCUT2D eigenvalue weighted by atomic mass is 16.5. The van der Waals surface area contributed by atoms with Gasteiger partial charge in [0.2, 0.25) is 0 Å². The van der Waals surface area contributed by atoms with Crippen LogP contribution in [0.25, 0.3) is 10.8 Å². The average Bonchev–Trinajstić information content (AvgIpc) is 2.96. The lowest BCUT2D eigenvalue weighted by Crippen LogP contribution is -1.97. The highest BCUT2D eigenvalue weighted by Gasteiger charge is 2.07. The lowest BCUT2D eigenvalue weighted by molar-refractivity contribution is 0.305. The molecule has 0 amide bonds. The number of hydrogen-bond acceptors (Lipinski definition) is 7. The van der Waals surface area contributed by atoms with E-state index in [1.807, 2.05) is 54.6 Å². The molecule has 4 rings (SSSR count). The van der Waals surface area contributed by atoms with Crippen molar-refractivity contribution in [3.05, 3.63) is 84.4 Å². The standard InChI is InChI=1S/C31H32N6O/c1-2-3-4-5-6-9-20-38-31-21-25(16-18-30(31)37-34-24-14-12-23(22-32)13-15-24)35-36-29-19-17-28(33)26-10-7-8-11-27(26)29/h7-8,10-19,21H,2-6,9,20,33H2,1H3/b36-35+,37-34+. The van der Waals surface area contributed by atoms with Crippen LogP contribution in [0.5, 0.6) is 5.75 Å². The Hall–Kier alpha value is -4.57. The fourth-order valence-corrected chi connectivity index (χ4v) is 4.05. The summed E-state index contributed by atoms with van der Waals surface area (Å²) in [5.74, 6) is 0.606. The molecule has 0 fully saturated rings. The summed E-state index contributed by atoms with van der Waals surface area (Å²) < 4.78 is 6.13. The number of fused-ring (bicyclic) bond motifs is 1. The zero-order valence-electron chi connectivity index (χ0n) is 21.7. The molecule has 0 saturated heterocycles. The van der Waals surface area contributed by atoms with Gasteiger partial charge in [-0.3, -0.25) is 0 Å². The van der Waals surface area contributed by atoms with Crippen LogP contribution in [0.3, 0.4) is 0 Å². The second kappa shape index (κ2) is 13.7. The first-order valence-electron chi connectivity index (χ1n) is 13.1. The maximum Gasteiger partial charge on any atom is 0.149 e. The van der Waals surface area contributed by atoms with Crippen molar-refractivity contribution in [1.29, 1.82) is 5.26 Å². The van der Waals surface area contributed by atoms with Gasteiger partial charge < -0.3 is 10.5 Å². The molecule has 0 radical (unpaired) electrons. The SMILES string of the molecule is CCCCCCCCOc1cc(/N=N/c2ccc(N)c3ccccc23)ccc1/N=N/c1ccc(C#N)cc1. The summed E-state index contributed by atoms with van der Waals surface area (Å²) in [6.07, 6.45) is 7.09. The second-order valence-corrected chi connectivity index (χ2v) is 9.05. The number of ether oxygens (including phenoxy) is 1. The zero-order chi connectivity index (χ0) is 26.6. The maximum atomic E-state index is 9.00. The Morgan fingerprint density at radius 2 is 1.37 bits per heavy atom. The number of nitrogen functional groups attached to an aromatic ring is 1. The van der Waals surface area contributed by atoms with Crippen molar-refractivity contribution in [2.45, 2.75) is 45.4 Å². The van der Waals surface area contributed by atoms with Crippen LogP contribution in [-0.2, 0) is 0 Å². The predicted octanol–water partition coefficient (Wildman–Crippen LogP) is 9.86. The van der Waals surface area contributed by atoms with E-state index in [4.69, 9.17) is 15.7 Å². The van der Waals surface area contributed by atoms with E-state index >= 15 is 0 Å². The predicted molar refractivity (Wildman–Crippen MR) is 153 cm³/mol. The van der Waals surface area contributed by atoms with Crippen molar-refractivity contribution in [2.24, 2.45) is 20.5 Å². The van der Waals surface area contributed by atoms with E-state index in [0.29, 0.717) is 40.7 Å². The van der Waals surface area contributed by atoms with Gasteiger partial charge in [0, 0.05) is 22.5 Å². The van der Waals surface area contributed by atoms with Crippen molar-refractivity contribution < 1.29 is 4.74 Å². The Morgan fingerprint density at radius 3 is 2.16 bits per heavy atom. The van der Waals surface area contributed by atoms with Crippen LogP contribution < -0.4 is 10.5 Å². The van der Waals surface area contributed by atoms with Gasteiger partial charge in [-0.1, -0.05) is 63.3 Å². The van der Waals surface area contributed by atoms with E-state index in [1.54, 1.807) is 24.3 Å². The summed E-state index contributed by atoms with van der Waals surface area (Å²) in [4.78, 5) is 0. The highest BCUT2D eigenvalue weighted by molar-refractivity contribution is 5.99. The Kier molecular flexibility index (Phi) is 9.52. The molecule has 7 heteroatoms. The smallest absolute Gasteiger partial charge is 0.149 e. The number of nitrogens with two attached hydrogens (primary N) is 1. The normalized spacial score (nSPS) is 11.4. The van der Waals surface area contributed by atoms with Crippen molar-refractivity contribution in [3.63, 3.8) is 0 Å². The van der Waals surface area contributed by atoms with E-state index in [9.17, 15) is 0 Å². The summed E-state index contributed by atoms with van der Waals surface area (Å²) in [6, 6.07) is 26.2. The summed E-state index contributed by atoms with van der Waals surface area (Å²) in [5, 5.41) is 28.6. The molecule has 0 spiro atoms. The molecule has 4 aromatic carbocycles. The third kappa shape index (κ3) is 7.23. The monoisotopic (exact) mass is 504 g/mol. The van der Waals surface area contributed by atoms with Crippen LogP contribution in [0.1, 0.15) is 51.0 Å². The van der Waals surface area contributed by atoms with Crippen LogP contribution in [0.15, 0.2) is 99.3 Å². The molecule has 0 aliphatic carbocycles. The summed E-state index contributed by atoms with van der Waals surface area (Å²) in [6.45, 7) is 2.81. The molecule has 0 aromatic heterocycles. The first-order chi connectivity index (χ1) is 18.7. The Balaban J connectivity index is 1.54. The molecule has 38 heavy (non-hydrogen) atoms. The van der Waals surface area contributed by atoms with Crippen molar-refractivity contribution in [2.75, 3.05) is 12.3 Å². The van der Waals surface area contributed by atoms with E-state index in [0.717, 1.165) is 29.3 Å². The lowest BCUT2D eigenvalue weighted by Gasteiger charge is -2.09. The number of benzene rings is 4. The van der Waals surface area contributed by atoms with Crippen LogP contribution in [-0.4, -0.2) is 6.61 Å². The molecule has 0 bridgehead atoms. The number of unbranched alkanes of at least 4 members (excludes halogenated alkanes) is 5. The molecule has 2 N–H and O–H groups in total. The molecule has 7 nitrogen and oxygen atoms in total. The highest BCUT2D eigenvalue weighted by Crippen LogP contribution is 2.35. The maximum absolute atomic E-state index is 9.00. The molecule has 4 aromatic rings. The molecular weight excluding hydrogens is 472 g/mol. The molecule has 0 aliphatic rings. The van der Waals surface area contributed by atoms with Crippen LogP contribution >= 0.6 is 0 Å². The van der Waals surface area contributed by atoms with Crippen LogP contribution in [0.4, 0.5) is 28.4 Å². The molecule has 0 atom stereocenters. The van der Waals surface area contributed by atoms with Gasteiger partial charge in [0.25, 0.3) is 0 Å². The Morgan fingerprint density at radius 1 is 0.711 bits per heavy atom. The number of anilines is 1. The minimum Gasteiger partial charge on any atom is -0.491 e. The second-order valence-electron chi connectivity index (χ2n) is 9.05. The Labute approximate surface area is 223 Å². The first-order valence-corrected chi connectivity index (χ1v) is 13.1. The zero-order valence-corrected chi connectivity index (χ0v) is 21.7. The van der Waals surface area contributed by atoms with Crippen LogP contribution in [0, 0.1) is 11.3 Å². The summed E-state index contributed by atoms with van der Waals surface area (Å²) >= 11 is 0. The van der Waals surface area contributed by atoms with Gasteiger partial charge in [-0.15, -0.1) is 10.2 Å². The van der Waals surface area contributed by atoms with Gasteiger partial charge in [-0.05, 0) is 55.0 Å². The number of azo groups is 2. The van der Waals surface area contributed by atoms with Gasteiger partial charge in [0.1, 0.15) is 11.4 Å². The first kappa shape index (κ1) is 26.5. The van der Waals surface area contributed by atoms with Crippen molar-refractivity contribution in [3.8, 4) is 11.8 Å². The van der Waals surface area contributed by atoms with Gasteiger partial charge in [-0.2, -0.15) is 15.5 Å². The molecule has 192 valence electrons. The van der Waals surface area contributed by atoms with E-state index in [2.05, 4.69) is 33.4 Å². The number of rotatable bonds is 12. The number of nitriles is 1. The Bertz CT molecular complexity index is 1450. The third-order valence-electron chi connectivity index (χ3n) is 6.18. The summed E-state index contributed by atoms with van der Waals surface area (Å²) in [7, 11) is 0.